The van der Waals surface area contributed by atoms with Crippen LogP contribution in [0.1, 0.15) is 55.5 Å². The van der Waals surface area contributed by atoms with E-state index in [-0.39, 0.29) is 24.0 Å². The van der Waals surface area contributed by atoms with Crippen LogP contribution in [0.15, 0.2) is 79.1 Å². The van der Waals surface area contributed by atoms with Gasteiger partial charge in [0.1, 0.15) is 5.72 Å². The minimum atomic E-state index is -0.709. The number of fused-ring (bicyclic) bond motifs is 3. The zero-order valence-corrected chi connectivity index (χ0v) is 25.1. The first-order valence-corrected chi connectivity index (χ1v) is 15.4. The number of aromatic nitrogens is 1. The molecule has 2 aromatic carbocycles. The Labute approximate surface area is 250 Å². The number of carbonyl (C=O) groups excluding carboxylic acids is 1. The second-order valence-electron chi connectivity index (χ2n) is 12.9. The minimum absolute atomic E-state index is 0.0348. The summed E-state index contributed by atoms with van der Waals surface area (Å²) in [5, 5.41) is 11.5. The van der Waals surface area contributed by atoms with Crippen LogP contribution in [-0.4, -0.2) is 80.9 Å². The molecule has 3 aromatic rings. The summed E-state index contributed by atoms with van der Waals surface area (Å²) in [6.45, 7) is 10.5. The predicted octanol–water partition coefficient (Wildman–Crippen LogP) is 4.46. The van der Waals surface area contributed by atoms with Gasteiger partial charge in [-0.15, -0.1) is 0 Å². The molecule has 222 valence electrons. The van der Waals surface area contributed by atoms with Gasteiger partial charge >= 0.3 is 0 Å². The maximum atomic E-state index is 14.5. The van der Waals surface area contributed by atoms with Crippen molar-refractivity contribution in [2.24, 2.45) is 5.92 Å². The number of β-amino-alcohol motifs (C(OH)–C–C–N with tert-alkyl or cyclic N) is 1. The number of piperazine rings is 1. The lowest BCUT2D eigenvalue weighted by molar-refractivity contribution is -0.153. The summed E-state index contributed by atoms with van der Waals surface area (Å²) >= 11 is 0. The van der Waals surface area contributed by atoms with Crippen LogP contribution in [-0.2, 0) is 28.9 Å². The predicted molar refractivity (Wildman–Crippen MR) is 163 cm³/mol. The summed E-state index contributed by atoms with van der Waals surface area (Å²) < 4.78 is 6.51. The van der Waals surface area contributed by atoms with Crippen molar-refractivity contribution in [2.45, 2.75) is 76.6 Å². The van der Waals surface area contributed by atoms with Gasteiger partial charge in [0, 0.05) is 63.5 Å². The van der Waals surface area contributed by atoms with Crippen molar-refractivity contribution >= 4 is 5.91 Å². The van der Waals surface area contributed by atoms with E-state index in [0.717, 1.165) is 38.2 Å². The molecule has 3 aliphatic rings. The molecule has 7 nitrogen and oxygen atoms in total. The summed E-state index contributed by atoms with van der Waals surface area (Å²) in [4.78, 5) is 25.6. The molecule has 1 aromatic heterocycles. The molecule has 0 radical (unpaired) electrons. The summed E-state index contributed by atoms with van der Waals surface area (Å²) in [5.74, 6) is -0.277. The molecule has 1 N–H and O–H groups in total. The molecule has 2 fully saturated rings. The van der Waals surface area contributed by atoms with Gasteiger partial charge in [-0.1, -0.05) is 60.7 Å². The SMILES string of the molecule is C[C@@H]1CN(Cc2cccnc2)CCN1CC(O)CC(Cc1ccccc1)C(=O)N1C2c3ccccc3C[C@H]2OC1(C)C. The van der Waals surface area contributed by atoms with Crippen LogP contribution in [0, 0.1) is 5.92 Å². The number of aliphatic hydroxyl groups excluding tert-OH is 1. The van der Waals surface area contributed by atoms with Gasteiger partial charge in [-0.3, -0.25) is 19.6 Å². The standard InChI is InChI=1S/C35H44N4O3/c1-25-22-37(23-27-12-9-15-36-21-27)16-17-38(25)24-30(40)19-29(18-26-10-5-4-6-11-26)34(41)39-33-31-14-8-7-13-28(31)20-32(33)42-35(39,2)3/h4-15,21,25,29-30,32-33,40H,16-20,22-24H2,1-3H3/t25-,29?,30?,32-,33?/m1/s1. The molecule has 2 aliphatic heterocycles. The van der Waals surface area contributed by atoms with E-state index in [0.29, 0.717) is 25.4 Å². The van der Waals surface area contributed by atoms with E-state index < -0.39 is 11.8 Å². The average Bonchev–Trinajstić information content (AvgIpc) is 3.45. The average molecular weight is 569 g/mol. The Morgan fingerprint density at radius 3 is 2.57 bits per heavy atom. The third kappa shape index (κ3) is 6.16. The molecule has 6 rings (SSSR count). The van der Waals surface area contributed by atoms with Crippen LogP contribution in [0.3, 0.4) is 0 Å². The van der Waals surface area contributed by atoms with Crippen molar-refractivity contribution in [3.8, 4) is 0 Å². The van der Waals surface area contributed by atoms with E-state index in [1.54, 1.807) is 0 Å². The molecule has 2 saturated heterocycles. The summed E-state index contributed by atoms with van der Waals surface area (Å²) in [5.41, 5.74) is 4.08. The quantitative estimate of drug-likeness (QED) is 0.411. The van der Waals surface area contributed by atoms with Gasteiger partial charge in [-0.2, -0.15) is 0 Å². The maximum Gasteiger partial charge on any atom is 0.228 e. The molecule has 5 atom stereocenters. The number of nitrogens with zero attached hydrogens (tertiary/aromatic N) is 4. The van der Waals surface area contributed by atoms with E-state index in [2.05, 4.69) is 64.2 Å². The Balaban J connectivity index is 1.16. The lowest BCUT2D eigenvalue weighted by atomic mass is 9.90. The highest BCUT2D eigenvalue weighted by Crippen LogP contribution is 2.49. The van der Waals surface area contributed by atoms with Crippen LogP contribution in [0.5, 0.6) is 0 Å². The number of pyridine rings is 1. The summed E-state index contributed by atoms with van der Waals surface area (Å²) in [6.07, 6.45) is 4.94. The molecular formula is C35H44N4O3. The lowest BCUT2D eigenvalue weighted by Crippen LogP contribution is -2.54. The van der Waals surface area contributed by atoms with Crippen molar-refractivity contribution in [1.82, 2.24) is 19.7 Å². The molecular weight excluding hydrogens is 524 g/mol. The number of ether oxygens (including phenoxy) is 1. The largest absolute Gasteiger partial charge is 0.392 e. The van der Waals surface area contributed by atoms with E-state index in [9.17, 15) is 9.90 Å². The van der Waals surface area contributed by atoms with E-state index in [4.69, 9.17) is 4.74 Å². The number of amides is 1. The molecule has 1 amide bonds. The Kier molecular flexibility index (Phi) is 8.46. The fraction of sp³-hybridized carbons (Fsp3) is 0.486. The van der Waals surface area contributed by atoms with Crippen LogP contribution in [0.25, 0.3) is 0 Å². The molecule has 0 spiro atoms. The van der Waals surface area contributed by atoms with Gasteiger partial charge in [-0.05, 0) is 61.9 Å². The third-order valence-electron chi connectivity index (χ3n) is 9.34. The number of hydrogen-bond acceptors (Lipinski definition) is 6. The Morgan fingerprint density at radius 2 is 1.81 bits per heavy atom. The number of aliphatic hydroxyl groups is 1. The molecule has 7 heteroatoms. The van der Waals surface area contributed by atoms with Crippen LogP contribution in [0.2, 0.25) is 0 Å². The second-order valence-corrected chi connectivity index (χ2v) is 12.9. The van der Waals surface area contributed by atoms with Crippen molar-refractivity contribution in [1.29, 1.82) is 0 Å². The highest BCUT2D eigenvalue weighted by molar-refractivity contribution is 5.81. The van der Waals surface area contributed by atoms with E-state index >= 15 is 0 Å². The van der Waals surface area contributed by atoms with Gasteiger partial charge in [0.05, 0.1) is 18.2 Å². The first kappa shape index (κ1) is 29.0. The Hall–Kier alpha value is -3.10. The first-order valence-electron chi connectivity index (χ1n) is 15.4. The fourth-order valence-corrected chi connectivity index (χ4v) is 7.39. The lowest BCUT2D eigenvalue weighted by Gasteiger charge is -2.41. The first-order chi connectivity index (χ1) is 20.3. The van der Waals surface area contributed by atoms with Gasteiger partial charge in [0.15, 0.2) is 0 Å². The van der Waals surface area contributed by atoms with E-state index in [1.165, 1.54) is 16.7 Å². The highest BCUT2D eigenvalue weighted by atomic mass is 16.5. The molecule has 1 aliphatic carbocycles. The van der Waals surface area contributed by atoms with Gasteiger partial charge in [-0.25, -0.2) is 0 Å². The van der Waals surface area contributed by atoms with Crippen LogP contribution >= 0.6 is 0 Å². The van der Waals surface area contributed by atoms with Crippen molar-refractivity contribution in [3.05, 3.63) is 101 Å². The molecule has 42 heavy (non-hydrogen) atoms. The summed E-state index contributed by atoms with van der Waals surface area (Å²) in [7, 11) is 0. The van der Waals surface area contributed by atoms with Gasteiger partial charge < -0.3 is 14.7 Å². The monoisotopic (exact) mass is 568 g/mol. The van der Waals surface area contributed by atoms with Crippen LogP contribution < -0.4 is 0 Å². The molecule has 0 saturated carbocycles. The van der Waals surface area contributed by atoms with Crippen molar-refractivity contribution < 1.29 is 14.6 Å². The minimum Gasteiger partial charge on any atom is -0.392 e. The smallest absolute Gasteiger partial charge is 0.228 e. The summed E-state index contributed by atoms with van der Waals surface area (Å²) in [6, 6.07) is 22.9. The second kappa shape index (κ2) is 12.3. The van der Waals surface area contributed by atoms with Crippen molar-refractivity contribution in [3.63, 3.8) is 0 Å². The Bertz CT molecular complexity index is 1350. The number of rotatable bonds is 9. The maximum absolute atomic E-state index is 14.5. The molecule has 3 heterocycles. The normalized spacial score (nSPS) is 25.1. The zero-order chi connectivity index (χ0) is 29.3. The number of hydrogen-bond donors (Lipinski definition) is 1. The van der Waals surface area contributed by atoms with Crippen molar-refractivity contribution in [2.75, 3.05) is 26.2 Å². The zero-order valence-electron chi connectivity index (χ0n) is 25.1. The molecule has 3 unspecified atom stereocenters. The fourth-order valence-electron chi connectivity index (χ4n) is 7.39. The van der Waals surface area contributed by atoms with Crippen LogP contribution in [0.4, 0.5) is 0 Å². The number of benzene rings is 2. The number of carbonyl (C=O) groups is 1. The van der Waals surface area contributed by atoms with Gasteiger partial charge in [0.25, 0.3) is 0 Å². The van der Waals surface area contributed by atoms with E-state index in [1.807, 2.05) is 55.4 Å². The topological polar surface area (TPSA) is 69.1 Å². The van der Waals surface area contributed by atoms with Gasteiger partial charge in [0.2, 0.25) is 5.91 Å². The molecule has 0 bridgehead atoms. The highest BCUT2D eigenvalue weighted by Gasteiger charge is 2.54. The Morgan fingerprint density at radius 1 is 1.05 bits per heavy atom. The third-order valence-corrected chi connectivity index (χ3v) is 9.34.